The molecule has 5 nitrogen and oxygen atoms in total. The highest BCUT2D eigenvalue weighted by molar-refractivity contribution is 5.94. The van der Waals surface area contributed by atoms with Crippen LogP contribution in [0, 0.1) is 0 Å². The van der Waals surface area contributed by atoms with Crippen LogP contribution in [0.15, 0.2) is 67.0 Å². The van der Waals surface area contributed by atoms with Crippen molar-refractivity contribution >= 4 is 5.91 Å². The van der Waals surface area contributed by atoms with Crippen molar-refractivity contribution < 1.29 is 9.53 Å². The van der Waals surface area contributed by atoms with Crippen LogP contribution >= 0.6 is 0 Å². The molecule has 0 radical (unpaired) electrons. The standard InChI is InChI=1S/C22H23N3O2/c1-2-3-13-27-20-11-9-18(10-12-20)22(26)23-15-19-14-21(25-16-24-19)17-7-5-4-6-8-17/h4-12,14,16H,2-3,13,15H2,1H3,(H,23,26). The molecule has 3 aromatic rings. The maximum Gasteiger partial charge on any atom is 0.251 e. The first-order valence-electron chi connectivity index (χ1n) is 9.13. The quantitative estimate of drug-likeness (QED) is 0.609. The van der Waals surface area contributed by atoms with E-state index in [0.29, 0.717) is 18.7 Å². The summed E-state index contributed by atoms with van der Waals surface area (Å²) in [7, 11) is 0. The molecule has 0 saturated heterocycles. The summed E-state index contributed by atoms with van der Waals surface area (Å²) in [5.41, 5.74) is 3.21. The third-order valence-corrected chi connectivity index (χ3v) is 4.11. The molecule has 1 amide bonds. The van der Waals surface area contributed by atoms with Crippen LogP contribution in [0.2, 0.25) is 0 Å². The molecule has 0 unspecified atom stereocenters. The largest absolute Gasteiger partial charge is 0.494 e. The zero-order valence-electron chi connectivity index (χ0n) is 15.4. The zero-order valence-corrected chi connectivity index (χ0v) is 15.4. The number of hydrogen-bond acceptors (Lipinski definition) is 4. The summed E-state index contributed by atoms with van der Waals surface area (Å²) in [6, 6.07) is 19.0. The van der Waals surface area contributed by atoms with E-state index in [-0.39, 0.29) is 5.91 Å². The minimum absolute atomic E-state index is 0.144. The molecule has 27 heavy (non-hydrogen) atoms. The number of benzene rings is 2. The van der Waals surface area contributed by atoms with Crippen molar-refractivity contribution in [1.82, 2.24) is 15.3 Å². The van der Waals surface area contributed by atoms with Crippen molar-refractivity contribution in [1.29, 1.82) is 0 Å². The van der Waals surface area contributed by atoms with E-state index in [9.17, 15) is 4.79 Å². The van der Waals surface area contributed by atoms with Crippen LogP contribution in [-0.4, -0.2) is 22.5 Å². The number of aromatic nitrogens is 2. The first kappa shape index (κ1) is 18.6. The van der Waals surface area contributed by atoms with Crippen LogP contribution in [0.3, 0.4) is 0 Å². The maximum absolute atomic E-state index is 12.3. The number of hydrogen-bond donors (Lipinski definition) is 1. The molecule has 0 aliphatic rings. The lowest BCUT2D eigenvalue weighted by Crippen LogP contribution is -2.23. The van der Waals surface area contributed by atoms with Crippen LogP contribution < -0.4 is 10.1 Å². The number of ether oxygens (including phenoxy) is 1. The van der Waals surface area contributed by atoms with Gasteiger partial charge in [0.05, 0.1) is 24.5 Å². The topological polar surface area (TPSA) is 64.1 Å². The minimum atomic E-state index is -0.144. The van der Waals surface area contributed by atoms with Gasteiger partial charge in [-0.2, -0.15) is 0 Å². The van der Waals surface area contributed by atoms with E-state index in [1.165, 1.54) is 6.33 Å². The van der Waals surface area contributed by atoms with Gasteiger partial charge in [-0.25, -0.2) is 9.97 Å². The summed E-state index contributed by atoms with van der Waals surface area (Å²) in [5.74, 6) is 0.637. The molecule has 0 saturated carbocycles. The van der Waals surface area contributed by atoms with Crippen molar-refractivity contribution in [2.75, 3.05) is 6.61 Å². The number of carbonyl (C=O) groups is 1. The second kappa shape index (κ2) is 9.48. The Hall–Kier alpha value is -3.21. The molecule has 1 N–H and O–H groups in total. The summed E-state index contributed by atoms with van der Waals surface area (Å²) in [6.45, 7) is 3.16. The fourth-order valence-electron chi connectivity index (χ4n) is 2.57. The maximum atomic E-state index is 12.3. The van der Waals surface area contributed by atoms with Crippen LogP contribution in [-0.2, 0) is 6.54 Å². The first-order valence-corrected chi connectivity index (χ1v) is 9.13. The smallest absolute Gasteiger partial charge is 0.251 e. The monoisotopic (exact) mass is 361 g/mol. The SMILES string of the molecule is CCCCOc1ccc(C(=O)NCc2cc(-c3ccccc3)ncn2)cc1. The Morgan fingerprint density at radius 2 is 1.81 bits per heavy atom. The Labute approximate surface area is 159 Å². The fourth-order valence-corrected chi connectivity index (χ4v) is 2.57. The Kier molecular flexibility index (Phi) is 6.52. The van der Waals surface area contributed by atoms with Crippen molar-refractivity contribution in [3.05, 3.63) is 78.2 Å². The van der Waals surface area contributed by atoms with Gasteiger partial charge < -0.3 is 10.1 Å². The van der Waals surface area contributed by atoms with E-state index in [0.717, 1.165) is 35.5 Å². The third kappa shape index (κ3) is 5.38. The molecule has 5 heteroatoms. The number of rotatable bonds is 8. The molecule has 0 atom stereocenters. The lowest BCUT2D eigenvalue weighted by atomic mass is 10.1. The van der Waals surface area contributed by atoms with Gasteiger partial charge in [-0.15, -0.1) is 0 Å². The molecule has 1 heterocycles. The predicted molar refractivity (Wildman–Crippen MR) is 105 cm³/mol. The molecular formula is C22H23N3O2. The van der Waals surface area contributed by atoms with Crippen LogP contribution in [0.25, 0.3) is 11.3 Å². The normalized spacial score (nSPS) is 10.4. The van der Waals surface area contributed by atoms with E-state index in [1.807, 2.05) is 48.5 Å². The highest BCUT2D eigenvalue weighted by Crippen LogP contribution is 2.16. The summed E-state index contributed by atoms with van der Waals surface area (Å²) in [5, 5.41) is 2.90. The van der Waals surface area contributed by atoms with Crippen LogP contribution in [0.4, 0.5) is 0 Å². The molecule has 0 fully saturated rings. The Bertz CT molecular complexity index is 864. The van der Waals surface area contributed by atoms with Crippen LogP contribution in [0.1, 0.15) is 35.8 Å². The van der Waals surface area contributed by atoms with Crippen LogP contribution in [0.5, 0.6) is 5.75 Å². The van der Waals surface area contributed by atoms with Crippen molar-refractivity contribution in [2.45, 2.75) is 26.3 Å². The molecule has 2 aromatic carbocycles. The number of amides is 1. The average Bonchev–Trinajstić information content (AvgIpc) is 2.73. The Morgan fingerprint density at radius 1 is 1.04 bits per heavy atom. The van der Waals surface area contributed by atoms with Crippen molar-refractivity contribution in [3.63, 3.8) is 0 Å². The predicted octanol–water partition coefficient (Wildman–Crippen LogP) is 4.25. The van der Waals surface area contributed by atoms with Gasteiger partial charge in [0.25, 0.3) is 5.91 Å². The molecule has 0 aliphatic carbocycles. The van der Waals surface area contributed by atoms with Gasteiger partial charge in [0.15, 0.2) is 0 Å². The second-order valence-corrected chi connectivity index (χ2v) is 6.17. The molecule has 138 valence electrons. The Morgan fingerprint density at radius 3 is 2.56 bits per heavy atom. The number of nitrogens with zero attached hydrogens (tertiary/aromatic N) is 2. The number of unbranched alkanes of at least 4 members (excludes halogenated alkanes) is 1. The lowest BCUT2D eigenvalue weighted by Gasteiger charge is -2.08. The third-order valence-electron chi connectivity index (χ3n) is 4.11. The van der Waals surface area contributed by atoms with E-state index >= 15 is 0 Å². The molecule has 0 spiro atoms. The Balaban J connectivity index is 1.57. The van der Waals surface area contributed by atoms with Gasteiger partial charge in [-0.1, -0.05) is 43.7 Å². The van der Waals surface area contributed by atoms with E-state index in [2.05, 4.69) is 22.2 Å². The summed E-state index contributed by atoms with van der Waals surface area (Å²) < 4.78 is 5.62. The summed E-state index contributed by atoms with van der Waals surface area (Å²) in [6.07, 6.45) is 3.63. The number of carbonyl (C=O) groups excluding carboxylic acids is 1. The van der Waals surface area contributed by atoms with Crippen molar-refractivity contribution in [3.8, 4) is 17.0 Å². The zero-order chi connectivity index (χ0) is 18.9. The lowest BCUT2D eigenvalue weighted by molar-refractivity contribution is 0.0950. The van der Waals surface area contributed by atoms with E-state index in [1.54, 1.807) is 12.1 Å². The molecule has 0 aliphatic heterocycles. The highest BCUT2D eigenvalue weighted by Gasteiger charge is 2.07. The fraction of sp³-hybridized carbons (Fsp3) is 0.227. The second-order valence-electron chi connectivity index (χ2n) is 6.17. The van der Waals surface area contributed by atoms with Gasteiger partial charge in [0.2, 0.25) is 0 Å². The van der Waals surface area contributed by atoms with Gasteiger partial charge >= 0.3 is 0 Å². The van der Waals surface area contributed by atoms with Gasteiger partial charge in [0, 0.05) is 11.1 Å². The highest BCUT2D eigenvalue weighted by atomic mass is 16.5. The summed E-state index contributed by atoms with van der Waals surface area (Å²) >= 11 is 0. The molecule has 0 bridgehead atoms. The first-order chi connectivity index (χ1) is 13.3. The number of nitrogens with one attached hydrogen (secondary N) is 1. The average molecular weight is 361 g/mol. The summed E-state index contributed by atoms with van der Waals surface area (Å²) in [4.78, 5) is 20.9. The van der Waals surface area contributed by atoms with E-state index < -0.39 is 0 Å². The molecular weight excluding hydrogens is 338 g/mol. The minimum Gasteiger partial charge on any atom is -0.494 e. The van der Waals surface area contributed by atoms with E-state index in [4.69, 9.17) is 4.74 Å². The van der Waals surface area contributed by atoms with Gasteiger partial charge in [0.1, 0.15) is 12.1 Å². The molecule has 1 aromatic heterocycles. The van der Waals surface area contributed by atoms with Gasteiger partial charge in [-0.05, 0) is 36.8 Å². The molecule has 3 rings (SSSR count). The van der Waals surface area contributed by atoms with Crippen molar-refractivity contribution in [2.24, 2.45) is 0 Å². The van der Waals surface area contributed by atoms with Gasteiger partial charge in [-0.3, -0.25) is 4.79 Å².